The molecule has 2 rings (SSSR count). The van der Waals surface area contributed by atoms with E-state index in [9.17, 15) is 18.0 Å². The van der Waals surface area contributed by atoms with Gasteiger partial charge in [-0.3, -0.25) is 4.79 Å². The molecule has 1 amide bonds. The average molecular weight is 291 g/mol. The number of piperidine rings is 1. The summed E-state index contributed by atoms with van der Waals surface area (Å²) in [6.07, 6.45) is -2.21. The van der Waals surface area contributed by atoms with E-state index in [1.807, 2.05) is 6.92 Å². The van der Waals surface area contributed by atoms with Gasteiger partial charge < -0.3 is 9.32 Å². The van der Waals surface area contributed by atoms with Gasteiger partial charge in [-0.25, -0.2) is 0 Å². The molecular formula is C12H16F3N3O2. The van der Waals surface area contributed by atoms with Crippen LogP contribution in [0.25, 0.3) is 0 Å². The third-order valence-corrected chi connectivity index (χ3v) is 3.34. The van der Waals surface area contributed by atoms with Gasteiger partial charge in [0.05, 0.1) is 0 Å². The number of carbonyl (C=O) groups is 1. The van der Waals surface area contributed by atoms with Gasteiger partial charge in [0, 0.05) is 25.4 Å². The van der Waals surface area contributed by atoms with Crippen LogP contribution in [0.1, 0.15) is 50.3 Å². The van der Waals surface area contributed by atoms with Crippen LogP contribution in [-0.2, 0) is 11.0 Å². The molecule has 1 aromatic rings. The quantitative estimate of drug-likeness (QED) is 0.859. The van der Waals surface area contributed by atoms with Crippen molar-refractivity contribution in [1.82, 2.24) is 15.1 Å². The number of likely N-dealkylation sites (tertiary alicyclic amines) is 1. The van der Waals surface area contributed by atoms with Crippen LogP contribution in [0.5, 0.6) is 0 Å². The van der Waals surface area contributed by atoms with Crippen molar-refractivity contribution < 1.29 is 22.4 Å². The van der Waals surface area contributed by atoms with Crippen LogP contribution in [-0.4, -0.2) is 34.1 Å². The number of aromatic nitrogens is 2. The van der Waals surface area contributed by atoms with E-state index in [1.165, 1.54) is 0 Å². The first-order valence-corrected chi connectivity index (χ1v) is 6.60. The van der Waals surface area contributed by atoms with Gasteiger partial charge in [-0.05, 0) is 19.3 Å². The zero-order valence-corrected chi connectivity index (χ0v) is 11.1. The Balaban J connectivity index is 1.94. The monoisotopic (exact) mass is 291 g/mol. The van der Waals surface area contributed by atoms with Gasteiger partial charge in [0.1, 0.15) is 0 Å². The maximum Gasteiger partial charge on any atom is 0.470 e. The van der Waals surface area contributed by atoms with Crippen molar-refractivity contribution in [3.8, 4) is 0 Å². The van der Waals surface area contributed by atoms with Crippen molar-refractivity contribution in [3.63, 3.8) is 0 Å². The molecule has 0 atom stereocenters. The van der Waals surface area contributed by atoms with Gasteiger partial charge in [0.25, 0.3) is 0 Å². The Kier molecular flexibility index (Phi) is 4.29. The minimum Gasteiger partial charge on any atom is -0.417 e. The number of alkyl halides is 3. The third kappa shape index (κ3) is 3.29. The van der Waals surface area contributed by atoms with Gasteiger partial charge in [-0.15, -0.1) is 10.2 Å². The first-order chi connectivity index (χ1) is 9.41. The summed E-state index contributed by atoms with van der Waals surface area (Å²) in [5, 5.41) is 6.50. The largest absolute Gasteiger partial charge is 0.470 e. The van der Waals surface area contributed by atoms with Gasteiger partial charge in [0.15, 0.2) is 0 Å². The molecule has 1 aromatic heterocycles. The molecule has 8 heteroatoms. The summed E-state index contributed by atoms with van der Waals surface area (Å²) in [7, 11) is 0. The molecule has 0 bridgehead atoms. The normalized spacial score (nSPS) is 17.5. The van der Waals surface area contributed by atoms with Crippen LogP contribution in [0, 0.1) is 0 Å². The summed E-state index contributed by atoms with van der Waals surface area (Å²) >= 11 is 0. The molecule has 1 saturated heterocycles. The van der Waals surface area contributed by atoms with E-state index < -0.39 is 12.1 Å². The fourth-order valence-corrected chi connectivity index (χ4v) is 2.26. The van der Waals surface area contributed by atoms with E-state index in [1.54, 1.807) is 4.90 Å². The van der Waals surface area contributed by atoms with E-state index in [4.69, 9.17) is 0 Å². The van der Waals surface area contributed by atoms with E-state index in [0.717, 1.165) is 6.42 Å². The molecular weight excluding hydrogens is 275 g/mol. The second-order valence-electron chi connectivity index (χ2n) is 4.85. The number of hydrogen-bond donors (Lipinski definition) is 0. The van der Waals surface area contributed by atoms with Gasteiger partial charge >= 0.3 is 12.1 Å². The molecule has 0 aliphatic carbocycles. The third-order valence-electron chi connectivity index (χ3n) is 3.34. The van der Waals surface area contributed by atoms with E-state index in [2.05, 4.69) is 14.6 Å². The van der Waals surface area contributed by atoms with Crippen LogP contribution in [0.4, 0.5) is 13.2 Å². The lowest BCUT2D eigenvalue weighted by atomic mass is 9.96. The van der Waals surface area contributed by atoms with Crippen molar-refractivity contribution in [2.45, 2.75) is 44.7 Å². The number of carbonyl (C=O) groups excluding carboxylic acids is 1. The summed E-state index contributed by atoms with van der Waals surface area (Å²) in [5.41, 5.74) is 0. The lowest BCUT2D eigenvalue weighted by Gasteiger charge is -2.30. The number of halogens is 3. The highest BCUT2D eigenvalue weighted by atomic mass is 19.4. The maximum absolute atomic E-state index is 12.4. The highest BCUT2D eigenvalue weighted by Gasteiger charge is 2.39. The molecule has 1 fully saturated rings. The molecule has 1 aliphatic heterocycles. The fourth-order valence-electron chi connectivity index (χ4n) is 2.26. The molecule has 1 aliphatic rings. The van der Waals surface area contributed by atoms with Gasteiger partial charge in [-0.1, -0.05) is 6.92 Å². The van der Waals surface area contributed by atoms with Crippen LogP contribution >= 0.6 is 0 Å². The van der Waals surface area contributed by atoms with Crippen molar-refractivity contribution in [2.24, 2.45) is 0 Å². The number of amides is 1. The standard InChI is InChI=1S/C12H16F3N3O2/c1-2-3-9(19)18-6-4-8(5-7-18)10-16-17-11(20-10)12(13,14)15/h8H,2-7H2,1H3. The second-order valence-corrected chi connectivity index (χ2v) is 4.85. The average Bonchev–Trinajstić information content (AvgIpc) is 2.89. The van der Waals surface area contributed by atoms with Crippen molar-refractivity contribution in [1.29, 1.82) is 0 Å². The maximum atomic E-state index is 12.4. The van der Waals surface area contributed by atoms with E-state index >= 15 is 0 Å². The SMILES string of the molecule is CCCC(=O)N1CCC(c2nnc(C(F)(F)F)o2)CC1. The second kappa shape index (κ2) is 5.80. The van der Waals surface area contributed by atoms with Crippen LogP contribution in [0.2, 0.25) is 0 Å². The Hall–Kier alpha value is -1.60. The molecule has 2 heterocycles. The smallest absolute Gasteiger partial charge is 0.417 e. The Bertz CT molecular complexity index is 465. The van der Waals surface area contributed by atoms with Gasteiger partial charge in [0.2, 0.25) is 11.8 Å². The molecule has 0 aromatic carbocycles. The van der Waals surface area contributed by atoms with E-state index in [0.29, 0.717) is 32.4 Å². The number of hydrogen-bond acceptors (Lipinski definition) is 4. The predicted molar refractivity (Wildman–Crippen MR) is 62.8 cm³/mol. The molecule has 0 N–H and O–H groups in total. The summed E-state index contributed by atoms with van der Waals surface area (Å²) in [6, 6.07) is 0. The van der Waals surface area contributed by atoms with Crippen molar-refractivity contribution in [3.05, 3.63) is 11.8 Å². The lowest BCUT2D eigenvalue weighted by molar-refractivity contribution is -0.157. The fraction of sp³-hybridized carbons (Fsp3) is 0.750. The molecule has 0 unspecified atom stereocenters. The zero-order valence-electron chi connectivity index (χ0n) is 11.1. The Morgan fingerprint density at radius 1 is 1.35 bits per heavy atom. The summed E-state index contributed by atoms with van der Waals surface area (Å²) in [6.45, 7) is 2.97. The molecule has 112 valence electrons. The van der Waals surface area contributed by atoms with Crippen LogP contribution < -0.4 is 0 Å². The zero-order chi connectivity index (χ0) is 14.8. The summed E-state index contributed by atoms with van der Waals surface area (Å²) < 4.78 is 41.8. The molecule has 5 nitrogen and oxygen atoms in total. The Morgan fingerprint density at radius 2 is 2.00 bits per heavy atom. The number of nitrogens with zero attached hydrogens (tertiary/aromatic N) is 3. The lowest BCUT2D eigenvalue weighted by Crippen LogP contribution is -2.37. The first kappa shape index (κ1) is 14.8. The van der Waals surface area contributed by atoms with Crippen molar-refractivity contribution in [2.75, 3.05) is 13.1 Å². The summed E-state index contributed by atoms with van der Waals surface area (Å²) in [4.78, 5) is 13.4. The Labute approximate surface area is 114 Å². The highest BCUT2D eigenvalue weighted by molar-refractivity contribution is 5.76. The summed E-state index contributed by atoms with van der Waals surface area (Å²) in [5.74, 6) is -1.41. The molecule has 0 saturated carbocycles. The van der Waals surface area contributed by atoms with Gasteiger partial charge in [-0.2, -0.15) is 13.2 Å². The van der Waals surface area contributed by atoms with Crippen molar-refractivity contribution >= 4 is 5.91 Å². The first-order valence-electron chi connectivity index (χ1n) is 6.60. The minimum absolute atomic E-state index is 0.0138. The van der Waals surface area contributed by atoms with Crippen LogP contribution in [0.15, 0.2) is 4.42 Å². The molecule has 0 radical (unpaired) electrons. The minimum atomic E-state index is -4.61. The molecule has 0 spiro atoms. The topological polar surface area (TPSA) is 59.2 Å². The number of rotatable bonds is 3. The molecule has 20 heavy (non-hydrogen) atoms. The predicted octanol–water partition coefficient (Wildman–Crippen LogP) is 2.59. The highest BCUT2D eigenvalue weighted by Crippen LogP contribution is 2.32. The Morgan fingerprint density at radius 3 is 2.50 bits per heavy atom. The van der Waals surface area contributed by atoms with E-state index in [-0.39, 0.29) is 17.7 Å². The van der Waals surface area contributed by atoms with Crippen LogP contribution in [0.3, 0.4) is 0 Å².